The van der Waals surface area contributed by atoms with Crippen LogP contribution in [0, 0.1) is 0 Å². The number of aromatic nitrogens is 2. The third-order valence-corrected chi connectivity index (χ3v) is 3.91. The highest BCUT2D eigenvalue weighted by Gasteiger charge is 2.20. The fourth-order valence-corrected chi connectivity index (χ4v) is 2.77. The van der Waals surface area contributed by atoms with Crippen LogP contribution in [0.3, 0.4) is 0 Å². The Bertz CT molecular complexity index is 726. The molecule has 0 saturated carbocycles. The van der Waals surface area contributed by atoms with Crippen molar-refractivity contribution in [3.63, 3.8) is 0 Å². The van der Waals surface area contributed by atoms with E-state index in [0.29, 0.717) is 25.3 Å². The van der Waals surface area contributed by atoms with Gasteiger partial charge in [0.15, 0.2) is 5.69 Å². The summed E-state index contributed by atoms with van der Waals surface area (Å²) < 4.78 is 2.56. The summed E-state index contributed by atoms with van der Waals surface area (Å²) in [5.74, 6) is -0.468. The van der Waals surface area contributed by atoms with Crippen molar-refractivity contribution in [1.82, 2.24) is 20.4 Å². The van der Waals surface area contributed by atoms with Gasteiger partial charge in [0.25, 0.3) is 11.8 Å². The van der Waals surface area contributed by atoms with E-state index in [1.165, 1.54) is 6.07 Å². The summed E-state index contributed by atoms with van der Waals surface area (Å²) in [6.07, 6.45) is 0.805. The van der Waals surface area contributed by atoms with E-state index in [1.807, 2.05) is 24.3 Å². The van der Waals surface area contributed by atoms with Crippen molar-refractivity contribution < 1.29 is 9.59 Å². The average molecular weight is 363 g/mol. The van der Waals surface area contributed by atoms with Crippen LogP contribution >= 0.6 is 15.9 Å². The van der Waals surface area contributed by atoms with Crippen molar-refractivity contribution in [2.75, 3.05) is 6.54 Å². The van der Waals surface area contributed by atoms with Gasteiger partial charge < -0.3 is 10.6 Å². The lowest BCUT2D eigenvalue weighted by molar-refractivity contribution is 0.0940. The van der Waals surface area contributed by atoms with E-state index in [1.54, 1.807) is 4.68 Å². The molecule has 22 heavy (non-hydrogen) atoms. The first-order valence-electron chi connectivity index (χ1n) is 7.02. The Labute approximate surface area is 136 Å². The highest BCUT2D eigenvalue weighted by atomic mass is 79.9. The standard InChI is InChI=1S/C15H15BrN4O2/c16-11-4-1-3-10(7-11)9-18-14(21)12-8-13-15(22)17-5-2-6-20(13)19-12/h1,3-4,7-8H,2,5-6,9H2,(H,17,22)(H,18,21). The number of benzene rings is 1. The lowest BCUT2D eigenvalue weighted by Crippen LogP contribution is -2.24. The summed E-state index contributed by atoms with van der Waals surface area (Å²) in [4.78, 5) is 24.0. The lowest BCUT2D eigenvalue weighted by Gasteiger charge is -2.04. The molecule has 2 heterocycles. The smallest absolute Gasteiger partial charge is 0.272 e. The molecule has 0 bridgehead atoms. The molecule has 0 radical (unpaired) electrons. The number of rotatable bonds is 3. The monoisotopic (exact) mass is 362 g/mol. The van der Waals surface area contributed by atoms with Gasteiger partial charge in [-0.2, -0.15) is 5.10 Å². The van der Waals surface area contributed by atoms with Gasteiger partial charge in [0.2, 0.25) is 0 Å². The summed E-state index contributed by atoms with van der Waals surface area (Å²) in [5.41, 5.74) is 1.69. The number of nitrogens with zero attached hydrogens (tertiary/aromatic N) is 2. The zero-order chi connectivity index (χ0) is 15.5. The molecule has 1 aliphatic rings. The molecular weight excluding hydrogens is 348 g/mol. The molecule has 7 heteroatoms. The number of aryl methyl sites for hydroxylation is 1. The summed E-state index contributed by atoms with van der Waals surface area (Å²) in [6, 6.07) is 9.25. The van der Waals surface area contributed by atoms with Crippen molar-refractivity contribution in [1.29, 1.82) is 0 Å². The molecule has 1 aromatic heterocycles. The van der Waals surface area contributed by atoms with Crippen LogP contribution in [-0.2, 0) is 13.1 Å². The number of nitrogens with one attached hydrogen (secondary N) is 2. The van der Waals surface area contributed by atoms with Crippen molar-refractivity contribution >= 4 is 27.7 Å². The highest BCUT2D eigenvalue weighted by molar-refractivity contribution is 9.10. The number of fused-ring (bicyclic) bond motifs is 1. The molecule has 6 nitrogen and oxygen atoms in total. The van der Waals surface area contributed by atoms with Crippen LogP contribution < -0.4 is 10.6 Å². The number of halogens is 1. The maximum atomic E-state index is 12.2. The average Bonchev–Trinajstić information content (AvgIpc) is 2.86. The van der Waals surface area contributed by atoms with Crippen molar-refractivity contribution in [3.05, 3.63) is 51.8 Å². The van der Waals surface area contributed by atoms with Gasteiger partial charge in [-0.05, 0) is 24.1 Å². The van der Waals surface area contributed by atoms with Crippen LogP contribution in [0.25, 0.3) is 0 Å². The van der Waals surface area contributed by atoms with Gasteiger partial charge in [0.1, 0.15) is 5.69 Å². The highest BCUT2D eigenvalue weighted by Crippen LogP contribution is 2.12. The van der Waals surface area contributed by atoms with Crippen molar-refractivity contribution in [3.8, 4) is 0 Å². The molecule has 2 N–H and O–H groups in total. The summed E-state index contributed by atoms with van der Waals surface area (Å²) in [6.45, 7) is 1.67. The first kappa shape index (κ1) is 14.8. The Hall–Kier alpha value is -2.15. The second-order valence-electron chi connectivity index (χ2n) is 5.06. The first-order valence-corrected chi connectivity index (χ1v) is 7.81. The molecule has 2 aromatic rings. The molecule has 0 saturated heterocycles. The Morgan fingerprint density at radius 3 is 3.09 bits per heavy atom. The molecule has 114 valence electrons. The molecule has 0 unspecified atom stereocenters. The number of hydrogen-bond donors (Lipinski definition) is 2. The summed E-state index contributed by atoms with van der Waals surface area (Å²) in [5, 5.41) is 9.82. The minimum absolute atomic E-state index is 0.184. The van der Waals surface area contributed by atoms with E-state index in [9.17, 15) is 9.59 Å². The molecule has 1 aliphatic heterocycles. The predicted molar refractivity (Wildman–Crippen MR) is 84.5 cm³/mol. The van der Waals surface area contributed by atoms with E-state index in [-0.39, 0.29) is 17.5 Å². The third-order valence-electron chi connectivity index (χ3n) is 3.42. The molecule has 2 amide bonds. The number of hydrogen-bond acceptors (Lipinski definition) is 3. The zero-order valence-corrected chi connectivity index (χ0v) is 13.4. The van der Waals surface area contributed by atoms with Gasteiger partial charge in [0.05, 0.1) is 0 Å². The van der Waals surface area contributed by atoms with Crippen LogP contribution in [-0.4, -0.2) is 28.1 Å². The summed E-state index contributed by atoms with van der Waals surface area (Å²) >= 11 is 3.39. The van der Waals surface area contributed by atoms with E-state index < -0.39 is 0 Å². The zero-order valence-electron chi connectivity index (χ0n) is 11.8. The van der Waals surface area contributed by atoms with Crippen LogP contribution in [0.4, 0.5) is 0 Å². The van der Waals surface area contributed by atoms with Crippen molar-refractivity contribution in [2.45, 2.75) is 19.5 Å². The molecular formula is C15H15BrN4O2. The normalized spacial score (nSPS) is 14.0. The fraction of sp³-hybridized carbons (Fsp3) is 0.267. The maximum absolute atomic E-state index is 12.2. The van der Waals surface area contributed by atoms with Gasteiger partial charge in [0, 0.05) is 30.2 Å². The van der Waals surface area contributed by atoms with E-state index in [2.05, 4.69) is 31.7 Å². The van der Waals surface area contributed by atoms with Crippen LogP contribution in [0.15, 0.2) is 34.8 Å². The van der Waals surface area contributed by atoms with Crippen LogP contribution in [0.5, 0.6) is 0 Å². The Morgan fingerprint density at radius 1 is 1.41 bits per heavy atom. The van der Waals surface area contributed by atoms with Gasteiger partial charge in [-0.3, -0.25) is 14.3 Å². The third kappa shape index (κ3) is 3.19. The topological polar surface area (TPSA) is 76.0 Å². The molecule has 0 aliphatic carbocycles. The Morgan fingerprint density at radius 2 is 2.27 bits per heavy atom. The Kier molecular flexibility index (Phi) is 4.24. The van der Waals surface area contributed by atoms with Crippen LogP contribution in [0.1, 0.15) is 33.0 Å². The number of amides is 2. The summed E-state index contributed by atoms with van der Waals surface area (Å²) in [7, 11) is 0. The molecule has 0 atom stereocenters. The predicted octanol–water partition coefficient (Wildman–Crippen LogP) is 1.71. The van der Waals surface area contributed by atoms with Gasteiger partial charge in [-0.25, -0.2) is 0 Å². The quantitative estimate of drug-likeness (QED) is 0.872. The SMILES string of the molecule is O=C(NCc1cccc(Br)c1)c1cc2n(n1)CCCNC2=O. The Balaban J connectivity index is 1.70. The van der Waals surface area contributed by atoms with Crippen LogP contribution in [0.2, 0.25) is 0 Å². The van der Waals surface area contributed by atoms with E-state index >= 15 is 0 Å². The first-order chi connectivity index (χ1) is 10.6. The van der Waals surface area contributed by atoms with Gasteiger partial charge in [-0.15, -0.1) is 0 Å². The minimum Gasteiger partial charge on any atom is -0.351 e. The fourth-order valence-electron chi connectivity index (χ4n) is 2.32. The maximum Gasteiger partial charge on any atom is 0.272 e. The molecule has 3 rings (SSSR count). The lowest BCUT2D eigenvalue weighted by atomic mass is 10.2. The molecule has 0 fully saturated rings. The minimum atomic E-state index is -0.284. The number of carbonyl (C=O) groups is 2. The van der Waals surface area contributed by atoms with E-state index in [4.69, 9.17) is 0 Å². The number of carbonyl (C=O) groups excluding carboxylic acids is 2. The van der Waals surface area contributed by atoms with Gasteiger partial charge in [-0.1, -0.05) is 28.1 Å². The van der Waals surface area contributed by atoms with Gasteiger partial charge >= 0.3 is 0 Å². The molecule has 1 aromatic carbocycles. The largest absolute Gasteiger partial charge is 0.351 e. The van der Waals surface area contributed by atoms with Crippen molar-refractivity contribution in [2.24, 2.45) is 0 Å². The second kappa shape index (κ2) is 6.31. The second-order valence-corrected chi connectivity index (χ2v) is 5.98. The van der Waals surface area contributed by atoms with E-state index in [0.717, 1.165) is 16.5 Å². The molecule has 0 spiro atoms.